The Morgan fingerprint density at radius 2 is 1.93 bits per heavy atom. The molecule has 0 unspecified atom stereocenters. The minimum Gasteiger partial charge on any atom is -0.387 e. The molecule has 8 heteroatoms. The molecule has 0 saturated carbocycles. The first-order valence-corrected chi connectivity index (χ1v) is 9.09. The van der Waals surface area contributed by atoms with Crippen LogP contribution in [-0.4, -0.2) is 46.8 Å². The molecule has 0 amide bonds. The highest BCUT2D eigenvalue weighted by Gasteiger charge is 2.37. The lowest BCUT2D eigenvalue weighted by atomic mass is 9.99. The monoisotopic (exact) mass is 377 g/mol. The first-order chi connectivity index (χ1) is 12.9. The van der Waals surface area contributed by atoms with E-state index in [1.54, 1.807) is 6.20 Å². The molecule has 1 aliphatic heterocycles. The molecule has 0 bridgehead atoms. The molecule has 2 aliphatic rings. The van der Waals surface area contributed by atoms with Gasteiger partial charge in [-0.3, -0.25) is 9.67 Å². The summed E-state index contributed by atoms with van der Waals surface area (Å²) in [5, 5.41) is 7.25. The highest BCUT2D eigenvalue weighted by atomic mass is 19.4. The summed E-state index contributed by atoms with van der Waals surface area (Å²) < 4.78 is 42.1. The van der Waals surface area contributed by atoms with Gasteiger partial charge >= 0.3 is 6.18 Å². The van der Waals surface area contributed by atoms with Gasteiger partial charge in [0.25, 0.3) is 0 Å². The SMILES string of the molecule is CNc1c(C(F)(F)F)cnc2c1C(c1cnn(C3CCN(C)CC3)c1)=CC2. The van der Waals surface area contributed by atoms with Crippen molar-refractivity contribution in [3.63, 3.8) is 0 Å². The van der Waals surface area contributed by atoms with Gasteiger partial charge in [-0.25, -0.2) is 0 Å². The molecule has 1 N–H and O–H groups in total. The molecular formula is C19H22F3N5. The van der Waals surface area contributed by atoms with E-state index < -0.39 is 11.7 Å². The van der Waals surface area contributed by atoms with Crippen LogP contribution in [0.5, 0.6) is 0 Å². The average molecular weight is 377 g/mol. The number of halogens is 3. The standard InChI is InChI=1S/C19H22F3N5/c1-23-18-15(19(20,21)22)10-24-16-4-3-14(17(16)18)12-9-25-27(11-12)13-5-7-26(2)8-6-13/h3,9-11,13H,4-8H2,1-2H3,(H,23,24). The number of hydrogen-bond acceptors (Lipinski definition) is 4. The van der Waals surface area contributed by atoms with Gasteiger partial charge in [-0.2, -0.15) is 18.3 Å². The quantitative estimate of drug-likeness (QED) is 0.888. The number of alkyl halides is 3. The van der Waals surface area contributed by atoms with Gasteiger partial charge in [-0.1, -0.05) is 6.08 Å². The molecule has 3 heterocycles. The number of allylic oxidation sites excluding steroid dienone is 1. The summed E-state index contributed by atoms with van der Waals surface area (Å²) in [7, 11) is 3.62. The van der Waals surface area contributed by atoms with Crippen LogP contribution >= 0.6 is 0 Å². The van der Waals surface area contributed by atoms with Crippen LogP contribution in [-0.2, 0) is 12.6 Å². The molecular weight excluding hydrogens is 355 g/mol. The van der Waals surface area contributed by atoms with Gasteiger partial charge in [0, 0.05) is 37.0 Å². The predicted molar refractivity (Wildman–Crippen MR) is 97.6 cm³/mol. The summed E-state index contributed by atoms with van der Waals surface area (Å²) in [5.41, 5.74) is 2.16. The zero-order valence-electron chi connectivity index (χ0n) is 15.3. The molecule has 144 valence electrons. The lowest BCUT2D eigenvalue weighted by Crippen LogP contribution is -2.31. The van der Waals surface area contributed by atoms with E-state index in [0.717, 1.165) is 43.3 Å². The van der Waals surface area contributed by atoms with Crippen LogP contribution < -0.4 is 5.32 Å². The van der Waals surface area contributed by atoms with E-state index in [4.69, 9.17) is 0 Å². The summed E-state index contributed by atoms with van der Waals surface area (Å²) in [6.45, 7) is 2.04. The average Bonchev–Trinajstić information content (AvgIpc) is 3.27. The Kier molecular flexibility index (Phi) is 4.46. The Labute approximate surface area is 155 Å². The van der Waals surface area contributed by atoms with Gasteiger partial charge in [0.1, 0.15) is 0 Å². The summed E-state index contributed by atoms with van der Waals surface area (Å²) in [4.78, 5) is 6.36. The van der Waals surface area contributed by atoms with E-state index in [2.05, 4.69) is 27.3 Å². The largest absolute Gasteiger partial charge is 0.419 e. The lowest BCUT2D eigenvalue weighted by Gasteiger charge is -2.29. The molecule has 0 aromatic carbocycles. The van der Waals surface area contributed by atoms with E-state index >= 15 is 0 Å². The van der Waals surface area contributed by atoms with Crippen LogP contribution in [0, 0.1) is 0 Å². The summed E-state index contributed by atoms with van der Waals surface area (Å²) >= 11 is 0. The fraction of sp³-hybridized carbons (Fsp3) is 0.474. The second-order valence-electron chi connectivity index (χ2n) is 7.18. The molecule has 0 spiro atoms. The third-order valence-corrected chi connectivity index (χ3v) is 5.46. The Hall–Kier alpha value is -2.35. The second-order valence-corrected chi connectivity index (χ2v) is 7.18. The molecule has 0 radical (unpaired) electrons. The Bertz CT molecular complexity index is 876. The first-order valence-electron chi connectivity index (χ1n) is 9.09. The molecule has 4 rings (SSSR count). The van der Waals surface area contributed by atoms with Crippen molar-refractivity contribution in [2.24, 2.45) is 0 Å². The van der Waals surface area contributed by atoms with Crippen LogP contribution in [0.3, 0.4) is 0 Å². The van der Waals surface area contributed by atoms with Crippen LogP contribution in [0.2, 0.25) is 0 Å². The van der Waals surface area contributed by atoms with E-state index in [9.17, 15) is 13.2 Å². The number of piperidine rings is 1. The lowest BCUT2D eigenvalue weighted by molar-refractivity contribution is -0.137. The molecule has 5 nitrogen and oxygen atoms in total. The van der Waals surface area contributed by atoms with Crippen molar-refractivity contribution in [3.8, 4) is 0 Å². The molecule has 2 aromatic rings. The maximum Gasteiger partial charge on any atom is 0.419 e. The van der Waals surface area contributed by atoms with Crippen LogP contribution in [0.15, 0.2) is 24.7 Å². The maximum absolute atomic E-state index is 13.4. The van der Waals surface area contributed by atoms with Crippen LogP contribution in [0.1, 0.15) is 41.3 Å². The third kappa shape index (κ3) is 3.22. The minimum atomic E-state index is -4.45. The summed E-state index contributed by atoms with van der Waals surface area (Å²) in [5.74, 6) is 0. The Balaban J connectivity index is 1.69. The highest BCUT2D eigenvalue weighted by molar-refractivity contribution is 5.90. The fourth-order valence-corrected chi connectivity index (χ4v) is 3.97. The summed E-state index contributed by atoms with van der Waals surface area (Å²) in [6.07, 6.45) is 4.68. The van der Waals surface area contributed by atoms with Crippen molar-refractivity contribution in [1.82, 2.24) is 19.7 Å². The number of nitrogens with zero attached hydrogens (tertiary/aromatic N) is 4. The van der Waals surface area contributed by atoms with Crippen molar-refractivity contribution in [1.29, 1.82) is 0 Å². The van der Waals surface area contributed by atoms with Crippen molar-refractivity contribution in [2.45, 2.75) is 31.5 Å². The van der Waals surface area contributed by atoms with Crippen molar-refractivity contribution in [2.75, 3.05) is 32.5 Å². The Morgan fingerprint density at radius 3 is 2.59 bits per heavy atom. The maximum atomic E-state index is 13.4. The number of rotatable bonds is 3. The van der Waals surface area contributed by atoms with E-state index in [1.165, 1.54) is 7.05 Å². The normalized spacial score (nSPS) is 18.5. The molecule has 27 heavy (non-hydrogen) atoms. The molecule has 2 aromatic heterocycles. The zero-order chi connectivity index (χ0) is 19.2. The number of likely N-dealkylation sites (tertiary alicyclic amines) is 1. The Morgan fingerprint density at radius 1 is 1.19 bits per heavy atom. The smallest absolute Gasteiger partial charge is 0.387 e. The van der Waals surface area contributed by atoms with E-state index in [1.807, 2.05) is 17.0 Å². The van der Waals surface area contributed by atoms with Crippen LogP contribution in [0.4, 0.5) is 18.9 Å². The van der Waals surface area contributed by atoms with Gasteiger partial charge < -0.3 is 10.2 Å². The molecule has 1 saturated heterocycles. The minimum absolute atomic E-state index is 0.0864. The van der Waals surface area contributed by atoms with Crippen molar-refractivity contribution in [3.05, 3.63) is 47.1 Å². The number of anilines is 1. The van der Waals surface area contributed by atoms with Gasteiger partial charge in [0.05, 0.1) is 29.2 Å². The van der Waals surface area contributed by atoms with Crippen molar-refractivity contribution >= 4 is 11.3 Å². The number of hydrogen-bond donors (Lipinski definition) is 1. The van der Waals surface area contributed by atoms with Crippen LogP contribution in [0.25, 0.3) is 5.57 Å². The fourth-order valence-electron chi connectivity index (χ4n) is 3.97. The highest BCUT2D eigenvalue weighted by Crippen LogP contribution is 2.43. The number of nitrogens with one attached hydrogen (secondary N) is 1. The topological polar surface area (TPSA) is 46.0 Å². The number of pyridine rings is 1. The van der Waals surface area contributed by atoms with Gasteiger partial charge in [0.2, 0.25) is 0 Å². The van der Waals surface area contributed by atoms with Gasteiger partial charge in [-0.05, 0) is 38.6 Å². The van der Waals surface area contributed by atoms with Gasteiger partial charge in [-0.15, -0.1) is 0 Å². The molecule has 0 atom stereocenters. The van der Waals surface area contributed by atoms with E-state index in [-0.39, 0.29) is 5.69 Å². The zero-order valence-corrected chi connectivity index (χ0v) is 15.3. The first kappa shape index (κ1) is 18.0. The summed E-state index contributed by atoms with van der Waals surface area (Å²) in [6, 6.07) is 0.333. The third-order valence-electron chi connectivity index (χ3n) is 5.46. The second kappa shape index (κ2) is 6.67. The van der Waals surface area contributed by atoms with E-state index in [0.29, 0.717) is 23.7 Å². The predicted octanol–water partition coefficient (Wildman–Crippen LogP) is 3.59. The number of aromatic nitrogens is 3. The number of fused-ring (bicyclic) bond motifs is 1. The molecule has 1 aliphatic carbocycles. The van der Waals surface area contributed by atoms with Crippen molar-refractivity contribution < 1.29 is 13.2 Å². The molecule has 1 fully saturated rings. The van der Waals surface area contributed by atoms with Gasteiger partial charge in [0.15, 0.2) is 0 Å².